The topological polar surface area (TPSA) is 103 Å². The molecule has 6 nitrogen and oxygen atoms in total. The Balaban J connectivity index is 1.99. The van der Waals surface area contributed by atoms with E-state index in [4.69, 9.17) is 19.8 Å². The average molecular weight is 298 g/mol. The lowest BCUT2D eigenvalue weighted by atomic mass is 10.1. The number of aliphatic hydroxyl groups excluding tert-OH is 1. The van der Waals surface area contributed by atoms with E-state index in [2.05, 4.69) is 4.99 Å². The van der Waals surface area contributed by atoms with E-state index in [1.54, 1.807) is 12.4 Å². The minimum Gasteiger partial charge on any atom is -0.396 e. The third-order valence-corrected chi connectivity index (χ3v) is 3.82. The molecule has 0 aromatic rings. The van der Waals surface area contributed by atoms with Crippen molar-refractivity contribution in [3.05, 3.63) is 23.8 Å². The van der Waals surface area contributed by atoms with Crippen LogP contribution in [0.1, 0.15) is 19.3 Å². The Morgan fingerprint density at radius 3 is 3.15 bits per heavy atom. The molecule has 1 fully saturated rings. The molecule has 2 aliphatic rings. The van der Waals surface area contributed by atoms with Crippen LogP contribution in [0.4, 0.5) is 0 Å². The van der Waals surface area contributed by atoms with Crippen molar-refractivity contribution in [2.45, 2.75) is 31.0 Å². The van der Waals surface area contributed by atoms with Crippen molar-refractivity contribution in [2.24, 2.45) is 10.9 Å². The molecule has 0 aromatic carbocycles. The number of rotatable bonds is 8. The fraction of sp³-hybridized carbons (Fsp3) is 0.538. The molecule has 4 atom stereocenters. The highest BCUT2D eigenvalue weighted by Gasteiger charge is 2.55. The molecule has 20 heavy (non-hydrogen) atoms. The fourth-order valence-electron chi connectivity index (χ4n) is 2.22. The van der Waals surface area contributed by atoms with Crippen LogP contribution in [0.25, 0.3) is 0 Å². The lowest BCUT2D eigenvalue weighted by Crippen LogP contribution is -2.33. The third-order valence-electron chi connectivity index (χ3n) is 3.40. The highest BCUT2D eigenvalue weighted by molar-refractivity contribution is 7.82. The zero-order valence-electron chi connectivity index (χ0n) is 10.9. The van der Waals surface area contributed by atoms with Crippen LogP contribution in [0, 0.1) is 11.3 Å². The van der Waals surface area contributed by atoms with Crippen LogP contribution in [-0.4, -0.2) is 44.1 Å². The van der Waals surface area contributed by atoms with Gasteiger partial charge in [0.1, 0.15) is 5.60 Å². The Labute approximate surface area is 120 Å². The number of fused-ring (bicyclic) bond motifs is 1. The summed E-state index contributed by atoms with van der Waals surface area (Å²) in [7, 11) is 0. The van der Waals surface area contributed by atoms with Gasteiger partial charge in [0.25, 0.3) is 0 Å². The van der Waals surface area contributed by atoms with Gasteiger partial charge < -0.3 is 19.8 Å². The molecule has 1 aliphatic carbocycles. The summed E-state index contributed by atoms with van der Waals surface area (Å²) in [5.74, 6) is 0.292. The Bertz CT molecular complexity index is 489. The normalized spacial score (nSPS) is 30.2. The highest BCUT2D eigenvalue weighted by Crippen LogP contribution is 2.49. The first-order valence-electron chi connectivity index (χ1n) is 6.41. The number of aliphatic hydroxyl groups is 1. The third kappa shape index (κ3) is 3.69. The standard InChI is InChI=1S/C13H18N2O4S/c14-11(4-6-16)12(2-1-7-20(17)18)19-13-8-10(13)3-5-15-9-13/h1,3,5,7,9-10,12,14,16H,2,4,6,8H2,(H,17,18). The van der Waals surface area contributed by atoms with Crippen molar-refractivity contribution in [3.63, 3.8) is 0 Å². The largest absolute Gasteiger partial charge is 0.396 e. The van der Waals surface area contributed by atoms with Gasteiger partial charge in [-0.25, -0.2) is 4.21 Å². The molecule has 2 rings (SSSR count). The second-order valence-electron chi connectivity index (χ2n) is 4.87. The summed E-state index contributed by atoms with van der Waals surface area (Å²) in [6.07, 6.45) is 7.89. The maximum Gasteiger partial charge on any atom is 0.178 e. The van der Waals surface area contributed by atoms with Crippen molar-refractivity contribution in [1.29, 1.82) is 5.41 Å². The van der Waals surface area contributed by atoms with Gasteiger partial charge in [-0.1, -0.05) is 12.2 Å². The van der Waals surface area contributed by atoms with Crippen molar-refractivity contribution in [1.82, 2.24) is 0 Å². The first-order valence-corrected chi connectivity index (χ1v) is 7.58. The lowest BCUT2D eigenvalue weighted by molar-refractivity contribution is 0.0432. The number of nitrogens with zero attached hydrogens (tertiary/aromatic N) is 1. The predicted molar refractivity (Wildman–Crippen MR) is 77.3 cm³/mol. The molecule has 110 valence electrons. The second kappa shape index (κ2) is 6.53. The van der Waals surface area contributed by atoms with Crippen molar-refractivity contribution >= 4 is 23.0 Å². The Morgan fingerprint density at radius 2 is 2.50 bits per heavy atom. The average Bonchev–Trinajstić information content (AvgIpc) is 3.11. The van der Waals surface area contributed by atoms with Crippen LogP contribution in [0.5, 0.6) is 0 Å². The first kappa shape index (κ1) is 15.2. The van der Waals surface area contributed by atoms with Crippen LogP contribution in [0.2, 0.25) is 0 Å². The lowest BCUT2D eigenvalue weighted by Gasteiger charge is -2.23. The van der Waals surface area contributed by atoms with E-state index in [1.165, 1.54) is 6.08 Å². The van der Waals surface area contributed by atoms with E-state index in [-0.39, 0.29) is 18.7 Å². The van der Waals surface area contributed by atoms with E-state index in [9.17, 15) is 4.21 Å². The van der Waals surface area contributed by atoms with Crippen LogP contribution < -0.4 is 0 Å². The Kier molecular flexibility index (Phi) is 4.98. The van der Waals surface area contributed by atoms with Gasteiger partial charge in [0, 0.05) is 42.5 Å². The molecular formula is C13H18N2O4S. The monoisotopic (exact) mass is 298 g/mol. The molecule has 1 heterocycles. The zero-order valence-corrected chi connectivity index (χ0v) is 11.8. The number of ether oxygens (including phenoxy) is 1. The summed E-state index contributed by atoms with van der Waals surface area (Å²) < 4.78 is 25.3. The molecule has 0 spiro atoms. The van der Waals surface area contributed by atoms with Crippen molar-refractivity contribution in [3.8, 4) is 0 Å². The van der Waals surface area contributed by atoms with Gasteiger partial charge in [0.15, 0.2) is 11.1 Å². The van der Waals surface area contributed by atoms with Gasteiger partial charge >= 0.3 is 0 Å². The van der Waals surface area contributed by atoms with Gasteiger partial charge in [-0.3, -0.25) is 4.99 Å². The van der Waals surface area contributed by atoms with E-state index in [1.807, 2.05) is 6.08 Å². The summed E-state index contributed by atoms with van der Waals surface area (Å²) in [4.78, 5) is 4.08. The zero-order chi connectivity index (χ0) is 14.6. The number of hydrogen-bond donors (Lipinski definition) is 3. The van der Waals surface area contributed by atoms with Crippen LogP contribution in [0.15, 0.2) is 28.8 Å². The number of nitrogens with one attached hydrogen (secondary N) is 1. The van der Waals surface area contributed by atoms with Crippen molar-refractivity contribution in [2.75, 3.05) is 6.61 Å². The van der Waals surface area contributed by atoms with Gasteiger partial charge in [0.2, 0.25) is 0 Å². The van der Waals surface area contributed by atoms with Gasteiger partial charge in [0.05, 0.1) is 6.10 Å². The molecule has 0 amide bonds. The van der Waals surface area contributed by atoms with Gasteiger partial charge in [-0.05, 0) is 12.8 Å². The maximum absolute atomic E-state index is 10.6. The summed E-state index contributed by atoms with van der Waals surface area (Å²) in [5.41, 5.74) is -0.156. The minimum atomic E-state index is -2.00. The predicted octanol–water partition coefficient (Wildman–Crippen LogP) is 1.26. The fourth-order valence-corrected chi connectivity index (χ4v) is 2.50. The smallest absolute Gasteiger partial charge is 0.178 e. The summed E-state index contributed by atoms with van der Waals surface area (Å²) in [6, 6.07) is 0. The molecule has 0 radical (unpaired) electrons. The van der Waals surface area contributed by atoms with Gasteiger partial charge in [-0.15, -0.1) is 0 Å². The molecular weight excluding hydrogens is 280 g/mol. The van der Waals surface area contributed by atoms with Crippen molar-refractivity contribution < 1.29 is 18.6 Å². The maximum atomic E-state index is 10.6. The van der Waals surface area contributed by atoms with Crippen LogP contribution in [-0.2, 0) is 15.8 Å². The molecule has 4 unspecified atom stereocenters. The Hall–Kier alpha value is -1.15. The molecule has 3 N–H and O–H groups in total. The summed E-state index contributed by atoms with van der Waals surface area (Å²) >= 11 is -2.00. The molecule has 7 heteroatoms. The molecule has 1 aliphatic heterocycles. The Morgan fingerprint density at radius 1 is 1.70 bits per heavy atom. The van der Waals surface area contributed by atoms with E-state index in [0.29, 0.717) is 12.3 Å². The second-order valence-corrected chi connectivity index (χ2v) is 5.70. The van der Waals surface area contributed by atoms with Gasteiger partial charge in [-0.2, -0.15) is 0 Å². The molecule has 1 saturated carbocycles. The summed E-state index contributed by atoms with van der Waals surface area (Å²) in [6.45, 7) is -0.112. The summed E-state index contributed by atoms with van der Waals surface area (Å²) in [5, 5.41) is 18.0. The molecule has 0 saturated heterocycles. The van der Waals surface area contributed by atoms with Crippen LogP contribution >= 0.6 is 0 Å². The van der Waals surface area contributed by atoms with E-state index < -0.39 is 22.8 Å². The number of aliphatic imine (C=N–C) groups is 1. The number of hydrogen-bond acceptors (Lipinski definition) is 5. The SMILES string of the molecule is N=C(CCO)C(CC=CS(=O)O)OC12C=NC=CC1C2. The minimum absolute atomic E-state index is 0.112. The quantitative estimate of drug-likeness (QED) is 0.463. The first-order chi connectivity index (χ1) is 9.57. The van der Waals surface area contributed by atoms with E-state index in [0.717, 1.165) is 11.8 Å². The molecule has 0 bridgehead atoms. The van der Waals surface area contributed by atoms with E-state index >= 15 is 0 Å². The highest BCUT2D eigenvalue weighted by atomic mass is 32.2. The van der Waals surface area contributed by atoms with Crippen LogP contribution in [0.3, 0.4) is 0 Å². The molecule has 0 aromatic heterocycles.